The Morgan fingerprint density at radius 2 is 0.630 bits per heavy atom. The minimum absolute atomic E-state index is 1.09. The van der Waals surface area contributed by atoms with Gasteiger partial charge in [0.15, 0.2) is 24.8 Å². The molecule has 0 amide bonds. The van der Waals surface area contributed by atoms with E-state index in [1.807, 2.05) is 0 Å². The van der Waals surface area contributed by atoms with E-state index in [0.29, 0.717) is 0 Å². The first-order valence-electron chi connectivity index (χ1n) is 18.6. The van der Waals surface area contributed by atoms with Gasteiger partial charge in [-0.2, -0.15) is 0 Å². The van der Waals surface area contributed by atoms with Crippen LogP contribution in [0.25, 0.3) is 11.1 Å². The lowest BCUT2D eigenvalue weighted by Crippen LogP contribution is -2.32. The van der Waals surface area contributed by atoms with Crippen LogP contribution in [0.15, 0.2) is 110 Å². The molecule has 46 heavy (non-hydrogen) atoms. The summed E-state index contributed by atoms with van der Waals surface area (Å²) in [6, 6.07) is 31.2. The van der Waals surface area contributed by atoms with Crippen LogP contribution in [0.3, 0.4) is 0 Å². The summed E-state index contributed by atoms with van der Waals surface area (Å²) in [6.45, 7) is 6.75. The molecule has 0 aliphatic heterocycles. The van der Waals surface area contributed by atoms with Gasteiger partial charge in [0.1, 0.15) is 13.1 Å². The summed E-state index contributed by atoms with van der Waals surface area (Å²) in [5.41, 5.74) is 7.58. The number of aryl methyl sites for hydroxylation is 2. The van der Waals surface area contributed by atoms with Gasteiger partial charge in [-0.25, -0.2) is 9.13 Å². The lowest BCUT2D eigenvalue weighted by atomic mass is 9.86. The molecule has 0 spiro atoms. The summed E-state index contributed by atoms with van der Waals surface area (Å²) in [7, 11) is 0. The third-order valence-electron chi connectivity index (χ3n) is 9.27. The van der Waals surface area contributed by atoms with Crippen LogP contribution in [-0.2, 0) is 13.1 Å². The summed E-state index contributed by atoms with van der Waals surface area (Å²) in [4.78, 5) is 0. The first-order valence-corrected chi connectivity index (χ1v) is 18.6. The minimum Gasteiger partial charge on any atom is -0.205 e. The molecule has 2 nitrogen and oxygen atoms in total. The van der Waals surface area contributed by atoms with E-state index in [0.717, 1.165) is 13.1 Å². The van der Waals surface area contributed by atoms with Crippen LogP contribution in [-0.4, -0.2) is 0 Å². The van der Waals surface area contributed by atoms with Gasteiger partial charge in [0.05, 0.1) is 0 Å². The Labute approximate surface area is 281 Å². The highest BCUT2D eigenvalue weighted by molar-refractivity contribution is 6.04. The van der Waals surface area contributed by atoms with Gasteiger partial charge in [-0.15, -0.1) is 0 Å². The summed E-state index contributed by atoms with van der Waals surface area (Å²) in [6.07, 6.45) is 30.8. The van der Waals surface area contributed by atoms with Crippen molar-refractivity contribution in [1.82, 2.24) is 0 Å². The van der Waals surface area contributed by atoms with E-state index in [-0.39, 0.29) is 0 Å². The number of unbranched alkanes of at least 4 members (excludes halogenated alkanes) is 14. The average molecular weight is 617 g/mol. The van der Waals surface area contributed by atoms with Crippen LogP contribution in [0.4, 0.5) is 0 Å². The zero-order valence-corrected chi connectivity index (χ0v) is 29.0. The predicted molar refractivity (Wildman–Crippen MR) is 196 cm³/mol. The fourth-order valence-electron chi connectivity index (χ4n) is 6.52. The van der Waals surface area contributed by atoms with Crippen LogP contribution in [0, 0.1) is 0 Å². The third-order valence-corrected chi connectivity index (χ3v) is 9.27. The van der Waals surface area contributed by atoms with Crippen molar-refractivity contribution in [2.45, 2.75) is 130 Å². The van der Waals surface area contributed by atoms with Crippen LogP contribution in [0.2, 0.25) is 0 Å². The molecule has 4 aromatic rings. The van der Waals surface area contributed by atoms with E-state index in [2.05, 4.69) is 133 Å². The zero-order valence-electron chi connectivity index (χ0n) is 29.0. The summed E-state index contributed by atoms with van der Waals surface area (Å²) < 4.78 is 4.73. The summed E-state index contributed by atoms with van der Waals surface area (Å²) in [5, 5.41) is 0. The van der Waals surface area contributed by atoms with Crippen molar-refractivity contribution in [1.29, 1.82) is 0 Å². The largest absolute Gasteiger partial charge is 0.205 e. The van der Waals surface area contributed by atoms with Crippen molar-refractivity contribution in [2.24, 2.45) is 0 Å². The number of hydrogen-bond donors (Lipinski definition) is 0. The lowest BCUT2D eigenvalue weighted by Gasteiger charge is -2.17. The molecule has 0 unspecified atom stereocenters. The monoisotopic (exact) mass is 616 g/mol. The molecule has 0 aliphatic rings. The van der Waals surface area contributed by atoms with Gasteiger partial charge in [-0.1, -0.05) is 152 Å². The number of aromatic nitrogens is 2. The van der Waals surface area contributed by atoms with Gasteiger partial charge < -0.3 is 0 Å². The Morgan fingerprint density at radius 1 is 0.348 bits per heavy atom. The number of benzene rings is 2. The average Bonchev–Trinajstić information content (AvgIpc) is 3.11. The maximum Gasteiger partial charge on any atom is 0.169 e. The molecule has 2 heterocycles. The summed E-state index contributed by atoms with van der Waals surface area (Å²) >= 11 is 0. The quantitative estimate of drug-likeness (QED) is 0.0471. The van der Waals surface area contributed by atoms with Crippen LogP contribution >= 0.6 is 0 Å². The highest BCUT2D eigenvalue weighted by Gasteiger charge is 2.18. The fraction of sp³-hybridized carbons (Fsp3) is 0.455. The molecular formula is C44H60N2+2. The van der Waals surface area contributed by atoms with Gasteiger partial charge >= 0.3 is 0 Å². The second-order valence-electron chi connectivity index (χ2n) is 13.1. The van der Waals surface area contributed by atoms with Crippen molar-refractivity contribution in [3.8, 4) is 0 Å². The third kappa shape index (κ3) is 12.0. The predicted octanol–water partition coefficient (Wildman–Crippen LogP) is 11.6. The molecule has 0 saturated carbocycles. The maximum absolute atomic E-state index is 2.36. The van der Waals surface area contributed by atoms with E-state index in [1.165, 1.54) is 136 Å². The molecule has 0 bridgehead atoms. The Hall–Kier alpha value is -3.52. The van der Waals surface area contributed by atoms with E-state index >= 15 is 0 Å². The van der Waals surface area contributed by atoms with E-state index in [4.69, 9.17) is 0 Å². The first kappa shape index (κ1) is 35.3. The normalized spacial score (nSPS) is 11.9. The van der Waals surface area contributed by atoms with Gasteiger partial charge in [0.25, 0.3) is 0 Å². The molecule has 0 saturated heterocycles. The number of rotatable bonds is 22. The molecule has 244 valence electrons. The Balaban J connectivity index is 1.51. The zero-order chi connectivity index (χ0) is 32.1. The van der Waals surface area contributed by atoms with Gasteiger partial charge in [-0.05, 0) is 46.2 Å². The molecule has 2 aromatic carbocycles. The van der Waals surface area contributed by atoms with Crippen molar-refractivity contribution >= 4 is 11.1 Å². The molecule has 0 atom stereocenters. The van der Waals surface area contributed by atoms with Gasteiger partial charge in [-0.3, -0.25) is 0 Å². The van der Waals surface area contributed by atoms with Crippen molar-refractivity contribution in [3.63, 3.8) is 0 Å². The van der Waals surface area contributed by atoms with Crippen LogP contribution in [0.1, 0.15) is 139 Å². The Bertz CT molecular complexity index is 1260. The molecule has 0 fully saturated rings. The smallest absolute Gasteiger partial charge is 0.169 e. The SMILES string of the molecule is CCCCCCCCCC[n+]1ccc(/C(=C(/c2ccccc2)c2cc[n+](CCCCCCCCCC)cc2)c2ccccc2)cc1. The molecule has 2 aromatic heterocycles. The van der Waals surface area contributed by atoms with E-state index in [1.54, 1.807) is 0 Å². The molecular weight excluding hydrogens is 556 g/mol. The fourth-order valence-corrected chi connectivity index (χ4v) is 6.52. The van der Waals surface area contributed by atoms with E-state index in [9.17, 15) is 0 Å². The molecule has 0 N–H and O–H groups in total. The second-order valence-corrected chi connectivity index (χ2v) is 13.1. The van der Waals surface area contributed by atoms with Crippen molar-refractivity contribution in [3.05, 3.63) is 132 Å². The van der Waals surface area contributed by atoms with Gasteiger partial charge in [0.2, 0.25) is 0 Å². The van der Waals surface area contributed by atoms with Crippen LogP contribution in [0.5, 0.6) is 0 Å². The molecule has 2 heteroatoms. The number of nitrogens with zero attached hydrogens (tertiary/aromatic N) is 2. The van der Waals surface area contributed by atoms with Crippen LogP contribution < -0.4 is 9.13 Å². The topological polar surface area (TPSA) is 7.76 Å². The standard InChI is InChI=1S/C44H60N2/c1-3-5-7-9-11-13-15-23-33-45-35-29-41(30-36-45)43(39-25-19-17-20-26-39)44(40-27-21-18-22-28-40)42-31-37-46(38-32-42)34-24-16-14-12-10-8-6-4-2/h17-22,25-32,35-38H,3-16,23-24,33-34H2,1-2H3/q+2/b44-43-. The number of hydrogen-bond acceptors (Lipinski definition) is 0. The highest BCUT2D eigenvalue weighted by atomic mass is 14.9. The minimum atomic E-state index is 1.09. The maximum atomic E-state index is 2.36. The Morgan fingerprint density at radius 3 is 0.957 bits per heavy atom. The van der Waals surface area contributed by atoms with E-state index < -0.39 is 0 Å². The Kier molecular flexibility index (Phi) is 16.4. The highest BCUT2D eigenvalue weighted by Crippen LogP contribution is 2.36. The molecule has 4 rings (SSSR count). The molecule has 0 aliphatic carbocycles. The van der Waals surface area contributed by atoms with Gasteiger partial charge in [0, 0.05) is 37.1 Å². The first-order chi connectivity index (χ1) is 22.8. The number of pyridine rings is 2. The molecule has 0 radical (unpaired) electrons. The summed E-state index contributed by atoms with van der Waals surface area (Å²) in [5.74, 6) is 0. The second kappa shape index (κ2) is 21.3. The van der Waals surface area contributed by atoms with Crippen molar-refractivity contribution in [2.75, 3.05) is 0 Å². The lowest BCUT2D eigenvalue weighted by molar-refractivity contribution is -0.697. The van der Waals surface area contributed by atoms with Crippen molar-refractivity contribution < 1.29 is 9.13 Å².